The summed E-state index contributed by atoms with van der Waals surface area (Å²) in [6.07, 6.45) is -0.433. The summed E-state index contributed by atoms with van der Waals surface area (Å²) in [6, 6.07) is 6.06. The third kappa shape index (κ3) is 5.15. The minimum Gasteiger partial charge on any atom is -0.497 e. The Balaban J connectivity index is 1.71. The van der Waals surface area contributed by atoms with Crippen LogP contribution in [0.3, 0.4) is 0 Å². The minimum atomic E-state index is -4.52. The minimum absolute atomic E-state index is 0.152. The lowest BCUT2D eigenvalue weighted by atomic mass is 10.2. The number of amides is 1. The van der Waals surface area contributed by atoms with Gasteiger partial charge in [-0.3, -0.25) is 4.79 Å². The number of hydrogen-bond acceptors (Lipinski definition) is 6. The van der Waals surface area contributed by atoms with E-state index in [1.807, 2.05) is 0 Å². The fourth-order valence-electron chi connectivity index (χ4n) is 3.13. The average Bonchev–Trinajstić information content (AvgIpc) is 3.34. The molecule has 0 N–H and O–H groups in total. The quantitative estimate of drug-likeness (QED) is 0.645. The first kappa shape index (κ1) is 20.4. The van der Waals surface area contributed by atoms with Crippen molar-refractivity contribution in [3.05, 3.63) is 24.3 Å². The summed E-state index contributed by atoms with van der Waals surface area (Å²) in [5, 5.41) is 12.0. The number of benzene rings is 1. The summed E-state index contributed by atoms with van der Waals surface area (Å²) in [6.45, 7) is -1.37. The van der Waals surface area contributed by atoms with E-state index in [1.54, 1.807) is 4.68 Å². The third-order valence-corrected chi connectivity index (χ3v) is 5.40. The number of halogens is 3. The summed E-state index contributed by atoms with van der Waals surface area (Å²) in [5.41, 5.74) is 0.152. The molecule has 0 atom stereocenters. The van der Waals surface area contributed by atoms with Gasteiger partial charge in [0.15, 0.2) is 0 Å². The molecule has 1 heterocycles. The van der Waals surface area contributed by atoms with Crippen molar-refractivity contribution < 1.29 is 22.7 Å². The fraction of sp³-hybridized carbons (Fsp3) is 0.529. The highest BCUT2D eigenvalue weighted by Crippen LogP contribution is 2.32. The van der Waals surface area contributed by atoms with E-state index in [-0.39, 0.29) is 17.5 Å². The number of ether oxygens (including phenoxy) is 1. The van der Waals surface area contributed by atoms with Gasteiger partial charge in [-0.2, -0.15) is 13.2 Å². The van der Waals surface area contributed by atoms with Gasteiger partial charge in [0.1, 0.15) is 12.3 Å². The topological polar surface area (TPSA) is 73.1 Å². The third-order valence-electron chi connectivity index (χ3n) is 4.48. The van der Waals surface area contributed by atoms with Crippen LogP contribution in [0.1, 0.15) is 31.7 Å². The maximum Gasteiger partial charge on any atom is 0.406 e. The molecule has 2 aromatic rings. The highest BCUT2D eigenvalue weighted by molar-refractivity contribution is 7.99. The van der Waals surface area contributed by atoms with E-state index < -0.39 is 18.6 Å². The average molecular weight is 415 g/mol. The number of carbonyl (C=O) groups is 1. The van der Waals surface area contributed by atoms with Gasteiger partial charge < -0.3 is 9.64 Å². The molecule has 0 bridgehead atoms. The van der Waals surface area contributed by atoms with Gasteiger partial charge in [-0.1, -0.05) is 24.6 Å². The highest BCUT2D eigenvalue weighted by Gasteiger charge is 2.34. The second kappa shape index (κ2) is 8.80. The maximum atomic E-state index is 13.0. The Morgan fingerprint density at radius 1 is 1.29 bits per heavy atom. The number of tetrazole rings is 1. The molecule has 11 heteroatoms. The molecule has 0 spiro atoms. The van der Waals surface area contributed by atoms with E-state index in [2.05, 4.69) is 15.5 Å². The Bertz CT molecular complexity index is 791. The Morgan fingerprint density at radius 2 is 1.96 bits per heavy atom. The fourth-order valence-corrected chi connectivity index (χ4v) is 3.95. The SMILES string of the molecule is COc1ccc(N(CC(F)(F)F)C(=O)CSc2nnnn2C2CCCC2)cc1. The zero-order chi connectivity index (χ0) is 20.1. The van der Waals surface area contributed by atoms with Crippen molar-refractivity contribution in [2.75, 3.05) is 24.3 Å². The second-order valence-corrected chi connectivity index (χ2v) is 7.37. The zero-order valence-corrected chi connectivity index (χ0v) is 16.0. The van der Waals surface area contributed by atoms with Crippen LogP contribution in [0.15, 0.2) is 29.4 Å². The number of aromatic nitrogens is 4. The molecule has 1 saturated carbocycles. The predicted molar refractivity (Wildman–Crippen MR) is 97.4 cm³/mol. The molecule has 1 aromatic heterocycles. The lowest BCUT2D eigenvalue weighted by molar-refractivity contribution is -0.131. The van der Waals surface area contributed by atoms with Crippen molar-refractivity contribution in [3.8, 4) is 5.75 Å². The number of thioether (sulfide) groups is 1. The number of methoxy groups -OCH3 is 1. The molecule has 3 rings (SSSR count). The Labute approximate surface area is 164 Å². The van der Waals surface area contributed by atoms with Gasteiger partial charge in [0.25, 0.3) is 0 Å². The van der Waals surface area contributed by atoms with Crippen LogP contribution in [-0.2, 0) is 4.79 Å². The number of anilines is 1. The monoisotopic (exact) mass is 415 g/mol. The van der Waals surface area contributed by atoms with Gasteiger partial charge in [-0.05, 0) is 47.5 Å². The maximum absolute atomic E-state index is 13.0. The number of alkyl halides is 3. The number of hydrogen-bond donors (Lipinski definition) is 0. The van der Waals surface area contributed by atoms with Gasteiger partial charge in [-0.25, -0.2) is 4.68 Å². The molecule has 0 unspecified atom stereocenters. The molecule has 1 aliphatic rings. The Morgan fingerprint density at radius 3 is 2.57 bits per heavy atom. The molecular weight excluding hydrogens is 395 g/mol. The molecular formula is C17H20F3N5O2S. The normalized spacial score (nSPS) is 15.0. The van der Waals surface area contributed by atoms with Crippen LogP contribution in [0.2, 0.25) is 0 Å². The summed E-state index contributed by atoms with van der Waals surface area (Å²) < 4.78 is 45.7. The lowest BCUT2D eigenvalue weighted by Crippen LogP contribution is -2.40. The molecule has 152 valence electrons. The van der Waals surface area contributed by atoms with Gasteiger partial charge in [-0.15, -0.1) is 5.10 Å². The molecule has 7 nitrogen and oxygen atoms in total. The van der Waals surface area contributed by atoms with Crippen LogP contribution >= 0.6 is 11.8 Å². The molecule has 1 aromatic carbocycles. The van der Waals surface area contributed by atoms with Crippen LogP contribution in [0.5, 0.6) is 5.75 Å². The first-order chi connectivity index (χ1) is 13.4. The van der Waals surface area contributed by atoms with Crippen molar-refractivity contribution in [1.82, 2.24) is 20.2 Å². The summed E-state index contributed by atoms with van der Waals surface area (Å²) in [4.78, 5) is 13.3. The van der Waals surface area contributed by atoms with Crippen LogP contribution < -0.4 is 9.64 Å². The molecule has 1 amide bonds. The van der Waals surface area contributed by atoms with Crippen molar-refractivity contribution in [3.63, 3.8) is 0 Å². The summed E-state index contributed by atoms with van der Waals surface area (Å²) in [5.74, 6) is -0.378. The van der Waals surface area contributed by atoms with E-state index in [4.69, 9.17) is 4.74 Å². The molecule has 0 saturated heterocycles. The van der Waals surface area contributed by atoms with Crippen LogP contribution in [0, 0.1) is 0 Å². The number of nitrogens with zero attached hydrogens (tertiary/aromatic N) is 5. The first-order valence-corrected chi connectivity index (χ1v) is 9.78. The summed E-state index contributed by atoms with van der Waals surface area (Å²) in [7, 11) is 1.46. The van der Waals surface area contributed by atoms with Gasteiger partial charge in [0.2, 0.25) is 11.1 Å². The zero-order valence-electron chi connectivity index (χ0n) is 15.2. The number of rotatable bonds is 7. The van der Waals surface area contributed by atoms with Crippen LogP contribution in [0.25, 0.3) is 0 Å². The molecule has 0 radical (unpaired) electrons. The van der Waals surface area contributed by atoms with Crippen LogP contribution in [0.4, 0.5) is 18.9 Å². The van der Waals surface area contributed by atoms with E-state index >= 15 is 0 Å². The Hall–Kier alpha value is -2.30. The standard InChI is InChI=1S/C17H20F3N5O2S/c1-27-14-8-6-12(7-9-14)24(11-17(18,19)20)15(26)10-28-16-21-22-23-25(16)13-4-2-3-5-13/h6-9,13H,2-5,10-11H2,1H3. The molecule has 1 fully saturated rings. The van der Waals surface area contributed by atoms with E-state index in [0.717, 1.165) is 42.3 Å². The molecule has 28 heavy (non-hydrogen) atoms. The number of carbonyl (C=O) groups excluding carboxylic acids is 1. The van der Waals surface area contributed by atoms with Gasteiger partial charge >= 0.3 is 6.18 Å². The highest BCUT2D eigenvalue weighted by atomic mass is 32.2. The lowest BCUT2D eigenvalue weighted by Gasteiger charge is -2.24. The smallest absolute Gasteiger partial charge is 0.406 e. The van der Waals surface area contributed by atoms with Crippen molar-refractivity contribution in [1.29, 1.82) is 0 Å². The van der Waals surface area contributed by atoms with Crippen molar-refractivity contribution in [2.45, 2.75) is 43.1 Å². The Kier molecular flexibility index (Phi) is 6.42. The van der Waals surface area contributed by atoms with Crippen molar-refractivity contribution >= 4 is 23.4 Å². The van der Waals surface area contributed by atoms with E-state index in [0.29, 0.717) is 10.9 Å². The predicted octanol–water partition coefficient (Wildman–Crippen LogP) is 3.48. The van der Waals surface area contributed by atoms with Gasteiger partial charge in [0, 0.05) is 5.69 Å². The second-order valence-electron chi connectivity index (χ2n) is 6.43. The van der Waals surface area contributed by atoms with Gasteiger partial charge in [0.05, 0.1) is 18.9 Å². The van der Waals surface area contributed by atoms with Crippen LogP contribution in [-0.4, -0.2) is 51.7 Å². The molecule has 1 aliphatic carbocycles. The van der Waals surface area contributed by atoms with Crippen molar-refractivity contribution in [2.24, 2.45) is 0 Å². The van der Waals surface area contributed by atoms with E-state index in [1.165, 1.54) is 31.4 Å². The largest absolute Gasteiger partial charge is 0.497 e. The summed E-state index contributed by atoms with van der Waals surface area (Å²) >= 11 is 1.05. The molecule has 0 aliphatic heterocycles. The van der Waals surface area contributed by atoms with E-state index in [9.17, 15) is 18.0 Å². The first-order valence-electron chi connectivity index (χ1n) is 8.79.